The minimum atomic E-state index is -0.484. The summed E-state index contributed by atoms with van der Waals surface area (Å²) in [6, 6.07) is 23.8. The Morgan fingerprint density at radius 3 is 1.48 bits per heavy atom. The SMILES string of the molecule is [C-]#[N+]C1=C(c2ccc([N+]#[C-])cc2)/C(=C(/C#N)[N+]#[C-])c2c(C#N)c3c(c(C#N)c21)/C(=C(/C#N)[N+]#[C-])C(c1ccc(C#N)cc1)=C3C#N. The van der Waals surface area contributed by atoms with Crippen molar-refractivity contribution in [2.24, 2.45) is 0 Å². The average molecular weight is 581 g/mol. The topological polar surface area (TPSA) is 160 Å². The zero-order chi connectivity index (χ0) is 33.1. The highest BCUT2D eigenvalue weighted by Gasteiger charge is 2.43. The van der Waals surface area contributed by atoms with Crippen LogP contribution < -0.4 is 0 Å². The van der Waals surface area contributed by atoms with E-state index < -0.39 is 11.4 Å². The van der Waals surface area contributed by atoms with Gasteiger partial charge in [0.2, 0.25) is 5.70 Å². The summed E-state index contributed by atoms with van der Waals surface area (Å²) in [5, 5.41) is 61.3. The van der Waals surface area contributed by atoms with Gasteiger partial charge < -0.3 is 0 Å². The highest BCUT2D eigenvalue weighted by molar-refractivity contribution is 6.31. The van der Waals surface area contributed by atoms with Crippen LogP contribution in [0.5, 0.6) is 0 Å². The van der Waals surface area contributed by atoms with Crippen LogP contribution in [0.15, 0.2) is 59.9 Å². The fraction of sp³-hybridized carbons (Fsp3) is 0. The highest BCUT2D eigenvalue weighted by atomic mass is 14.7. The van der Waals surface area contributed by atoms with Gasteiger partial charge in [0.15, 0.2) is 5.69 Å². The van der Waals surface area contributed by atoms with E-state index in [9.17, 15) is 31.6 Å². The molecule has 0 aliphatic heterocycles. The monoisotopic (exact) mass is 580 g/mol. The van der Waals surface area contributed by atoms with Crippen molar-refractivity contribution in [3.05, 3.63) is 156 Å². The zero-order valence-electron chi connectivity index (χ0n) is 23.1. The predicted molar refractivity (Wildman–Crippen MR) is 164 cm³/mol. The molecule has 0 radical (unpaired) electrons. The Morgan fingerprint density at radius 1 is 0.522 bits per heavy atom. The van der Waals surface area contributed by atoms with Crippen LogP contribution in [0.4, 0.5) is 5.69 Å². The minimum absolute atomic E-state index is 0.0740. The van der Waals surface area contributed by atoms with Gasteiger partial charge in [-0.3, -0.25) is 0 Å². The Kier molecular flexibility index (Phi) is 7.21. The van der Waals surface area contributed by atoms with Crippen molar-refractivity contribution in [1.82, 2.24) is 0 Å². The molecule has 0 atom stereocenters. The van der Waals surface area contributed by atoms with Gasteiger partial charge in [0.1, 0.15) is 12.1 Å². The zero-order valence-corrected chi connectivity index (χ0v) is 23.1. The quantitative estimate of drug-likeness (QED) is 0.226. The van der Waals surface area contributed by atoms with E-state index in [-0.39, 0.29) is 72.6 Å². The molecule has 0 amide bonds. The molecule has 202 valence electrons. The fourth-order valence-corrected chi connectivity index (χ4v) is 5.66. The largest absolute Gasteiger partial charge is 0.270 e. The lowest BCUT2D eigenvalue weighted by Crippen LogP contribution is -2.04. The molecule has 10 nitrogen and oxygen atoms in total. The Hall–Kier alpha value is -8.48. The number of hydrogen-bond acceptors (Lipinski definition) is 6. The van der Waals surface area contributed by atoms with E-state index in [1.54, 1.807) is 0 Å². The molecule has 0 saturated carbocycles. The Morgan fingerprint density at radius 2 is 1.02 bits per heavy atom. The van der Waals surface area contributed by atoms with Crippen LogP contribution in [0.2, 0.25) is 0 Å². The van der Waals surface area contributed by atoms with Gasteiger partial charge in [-0.25, -0.2) is 29.9 Å². The lowest BCUT2D eigenvalue weighted by molar-refractivity contribution is 1.38. The first-order chi connectivity index (χ1) is 22.4. The number of rotatable bonds is 2. The van der Waals surface area contributed by atoms with Crippen LogP contribution in [0.1, 0.15) is 50.1 Å². The summed E-state index contributed by atoms with van der Waals surface area (Å²) in [5.74, 6) is 0. The molecule has 10 heteroatoms. The van der Waals surface area contributed by atoms with Crippen molar-refractivity contribution in [2.75, 3.05) is 0 Å². The van der Waals surface area contributed by atoms with Crippen molar-refractivity contribution >= 4 is 39.2 Å². The standard InChI is InChI=1S/C36H8N10/c1-43-22-11-9-21(10-12-22)29-35(27(18-42)45-3)32-24(15-39)30-23(14-38)28(20-7-5-19(13-37)6-8-20)34(26(17-41)44-2)31(30)25(16-40)33(32)36(29)46-4/h5-12H/b34-26-,35-27+. The molecule has 0 bridgehead atoms. The van der Waals surface area contributed by atoms with E-state index in [0.29, 0.717) is 16.7 Å². The number of fused-ring (bicyclic) bond motifs is 2. The van der Waals surface area contributed by atoms with Gasteiger partial charge in [0.25, 0.3) is 11.4 Å². The second kappa shape index (κ2) is 11.4. The number of hydrogen-bond donors (Lipinski definition) is 0. The summed E-state index contributed by atoms with van der Waals surface area (Å²) in [4.78, 5) is 13.8. The number of nitriles is 6. The van der Waals surface area contributed by atoms with E-state index >= 15 is 0 Å². The van der Waals surface area contributed by atoms with Crippen LogP contribution in [-0.4, -0.2) is 0 Å². The Bertz CT molecular complexity index is 2320. The first kappa shape index (κ1) is 29.0. The molecule has 0 fully saturated rings. The maximum absolute atomic E-state index is 10.7. The maximum atomic E-state index is 10.7. The Balaban J connectivity index is 2.08. The van der Waals surface area contributed by atoms with E-state index in [1.165, 1.54) is 48.5 Å². The molecule has 2 aliphatic carbocycles. The molecule has 3 aromatic carbocycles. The minimum Gasteiger partial charge on any atom is -0.238 e. The van der Waals surface area contributed by atoms with Gasteiger partial charge >= 0.3 is 0 Å². The fourth-order valence-electron chi connectivity index (χ4n) is 5.66. The molecule has 5 rings (SSSR count). The molecule has 0 unspecified atom stereocenters. The van der Waals surface area contributed by atoms with Gasteiger partial charge in [0.05, 0.1) is 72.8 Å². The van der Waals surface area contributed by atoms with Gasteiger partial charge in [0, 0.05) is 16.7 Å². The lowest BCUT2D eigenvalue weighted by Gasteiger charge is -2.16. The van der Waals surface area contributed by atoms with Crippen molar-refractivity contribution in [3.8, 4) is 36.4 Å². The first-order valence-electron chi connectivity index (χ1n) is 12.8. The molecule has 2 aliphatic rings. The third-order valence-corrected chi connectivity index (χ3v) is 7.42. The predicted octanol–water partition coefficient (Wildman–Crippen LogP) is 7.41. The summed E-state index contributed by atoms with van der Waals surface area (Å²) in [7, 11) is 0. The maximum Gasteiger partial charge on any atom is 0.270 e. The van der Waals surface area contributed by atoms with Gasteiger partial charge in [-0.2, -0.15) is 21.0 Å². The van der Waals surface area contributed by atoms with Crippen molar-refractivity contribution in [2.45, 2.75) is 0 Å². The lowest BCUT2D eigenvalue weighted by atomic mass is 9.84. The third kappa shape index (κ3) is 3.95. The molecule has 46 heavy (non-hydrogen) atoms. The normalized spacial score (nSPS) is 14.2. The van der Waals surface area contributed by atoms with E-state index in [0.717, 1.165) is 0 Å². The summed E-state index contributed by atoms with van der Waals surface area (Å²) in [5.41, 5.74) is -0.862. The average Bonchev–Trinajstić information content (AvgIpc) is 3.62. The van der Waals surface area contributed by atoms with Crippen molar-refractivity contribution in [3.63, 3.8) is 0 Å². The highest BCUT2D eigenvalue weighted by Crippen LogP contribution is 2.58. The van der Waals surface area contributed by atoms with Crippen LogP contribution in [0.3, 0.4) is 0 Å². The molecule has 0 heterocycles. The molecular weight excluding hydrogens is 572 g/mol. The molecule has 0 spiro atoms. The molecule has 0 N–H and O–H groups in total. The van der Waals surface area contributed by atoms with Gasteiger partial charge in [-0.15, -0.1) is 0 Å². The van der Waals surface area contributed by atoms with Crippen molar-refractivity contribution in [1.29, 1.82) is 31.6 Å². The van der Waals surface area contributed by atoms with E-state index in [1.807, 2.05) is 18.2 Å². The summed E-state index contributed by atoms with van der Waals surface area (Å²) >= 11 is 0. The smallest absolute Gasteiger partial charge is 0.238 e. The number of nitrogens with zero attached hydrogens (tertiary/aromatic N) is 10. The number of benzene rings is 3. The summed E-state index contributed by atoms with van der Waals surface area (Å²) in [6.45, 7) is 31.0. The second-order valence-electron chi connectivity index (χ2n) is 9.41. The summed E-state index contributed by atoms with van der Waals surface area (Å²) in [6.07, 6.45) is 0. The number of allylic oxidation sites excluding steroid dienone is 7. The molecular formula is C36H8N10. The van der Waals surface area contributed by atoms with Crippen molar-refractivity contribution < 1.29 is 0 Å². The van der Waals surface area contributed by atoms with E-state index in [4.69, 9.17) is 26.3 Å². The Labute approximate surface area is 262 Å². The van der Waals surface area contributed by atoms with Crippen LogP contribution in [0.25, 0.3) is 52.9 Å². The van der Waals surface area contributed by atoms with Crippen LogP contribution in [0, 0.1) is 94.3 Å². The molecule has 0 aromatic heterocycles. The van der Waals surface area contributed by atoms with E-state index in [2.05, 4.69) is 37.6 Å². The van der Waals surface area contributed by atoms with Crippen LogP contribution in [-0.2, 0) is 0 Å². The van der Waals surface area contributed by atoms with Gasteiger partial charge in [-0.05, 0) is 51.1 Å². The first-order valence-corrected chi connectivity index (χ1v) is 12.8. The summed E-state index contributed by atoms with van der Waals surface area (Å²) < 4.78 is 0. The van der Waals surface area contributed by atoms with Crippen LogP contribution >= 0.6 is 0 Å². The third-order valence-electron chi connectivity index (χ3n) is 7.42. The van der Waals surface area contributed by atoms with Gasteiger partial charge in [-0.1, -0.05) is 36.4 Å². The molecule has 3 aromatic rings. The molecule has 0 saturated heterocycles. The second-order valence-corrected chi connectivity index (χ2v) is 9.41.